The summed E-state index contributed by atoms with van der Waals surface area (Å²) in [5, 5.41) is 1.44. The van der Waals surface area contributed by atoms with Crippen LogP contribution in [0.2, 0.25) is 5.02 Å². The summed E-state index contributed by atoms with van der Waals surface area (Å²) < 4.78 is 5.65. The van der Waals surface area contributed by atoms with Crippen molar-refractivity contribution < 1.29 is 9.53 Å². The maximum Gasteiger partial charge on any atom is 0.185 e. The Kier molecular flexibility index (Phi) is 5.99. The van der Waals surface area contributed by atoms with Gasteiger partial charge >= 0.3 is 0 Å². The molecular formula is C18H20ClO2P. The first-order chi connectivity index (χ1) is 10.5. The second kappa shape index (κ2) is 7.76. The number of benzene rings is 2. The molecule has 2 aromatic rings. The van der Waals surface area contributed by atoms with Gasteiger partial charge in [-0.05, 0) is 50.5 Å². The van der Waals surface area contributed by atoms with Crippen LogP contribution < -0.4 is 10.0 Å². The van der Waals surface area contributed by atoms with Gasteiger partial charge in [-0.3, -0.25) is 4.79 Å². The van der Waals surface area contributed by atoms with E-state index in [9.17, 15) is 4.79 Å². The third kappa shape index (κ3) is 4.56. The third-order valence-electron chi connectivity index (χ3n) is 3.16. The van der Waals surface area contributed by atoms with Crippen LogP contribution in [-0.4, -0.2) is 12.1 Å². The summed E-state index contributed by atoms with van der Waals surface area (Å²) in [6, 6.07) is 13.2. The molecule has 2 rings (SSSR count). The molecule has 0 aliphatic rings. The first-order valence-electron chi connectivity index (χ1n) is 7.26. The van der Waals surface area contributed by atoms with Crippen LogP contribution in [-0.2, 0) is 0 Å². The molecule has 0 aliphatic carbocycles. The lowest BCUT2D eigenvalue weighted by atomic mass is 10.1. The quantitative estimate of drug-likeness (QED) is 0.707. The van der Waals surface area contributed by atoms with Crippen LogP contribution in [0.15, 0.2) is 42.5 Å². The lowest BCUT2D eigenvalue weighted by molar-refractivity contribution is 0.108. The molecule has 0 N–H and O–H groups in total. The first kappa shape index (κ1) is 17.0. The molecule has 0 bridgehead atoms. The Morgan fingerprint density at radius 1 is 1.23 bits per heavy atom. The monoisotopic (exact) mass is 334 g/mol. The molecule has 0 radical (unpaired) electrons. The number of hydrogen-bond acceptors (Lipinski definition) is 2. The third-order valence-corrected chi connectivity index (χ3v) is 4.83. The molecule has 0 aliphatic heterocycles. The first-order valence-corrected chi connectivity index (χ1v) is 8.64. The largest absolute Gasteiger partial charge is 0.493 e. The average molecular weight is 335 g/mol. The molecule has 0 spiro atoms. The highest BCUT2D eigenvalue weighted by Gasteiger charge is 2.12. The average Bonchev–Trinajstić information content (AvgIpc) is 2.48. The molecule has 0 fully saturated rings. The number of aryl methyl sites for hydroxylation is 1. The SMILES string of the molecule is Cc1ccccc1C(=O)Pc1ccc(OCC(C)C)cc1Cl. The van der Waals surface area contributed by atoms with Gasteiger partial charge in [0.2, 0.25) is 0 Å². The summed E-state index contributed by atoms with van der Waals surface area (Å²) in [4.78, 5) is 12.4. The fourth-order valence-corrected chi connectivity index (χ4v) is 3.30. The van der Waals surface area contributed by atoms with Gasteiger partial charge in [0.15, 0.2) is 5.52 Å². The molecule has 0 amide bonds. The Bertz CT molecular complexity index is 668. The van der Waals surface area contributed by atoms with E-state index in [2.05, 4.69) is 13.8 Å². The van der Waals surface area contributed by atoms with E-state index < -0.39 is 0 Å². The molecule has 1 unspecified atom stereocenters. The Labute approximate surface area is 138 Å². The van der Waals surface area contributed by atoms with Crippen LogP contribution in [0.3, 0.4) is 0 Å². The van der Waals surface area contributed by atoms with Gasteiger partial charge in [-0.1, -0.05) is 49.7 Å². The second-order valence-corrected chi connectivity index (χ2v) is 7.27. The highest BCUT2D eigenvalue weighted by molar-refractivity contribution is 7.66. The van der Waals surface area contributed by atoms with E-state index in [0.29, 0.717) is 17.5 Å². The zero-order valence-corrected chi connectivity index (χ0v) is 14.8. The summed E-state index contributed by atoms with van der Waals surface area (Å²) in [5.41, 5.74) is 1.86. The van der Waals surface area contributed by atoms with Crippen molar-refractivity contribution in [2.75, 3.05) is 6.61 Å². The van der Waals surface area contributed by atoms with E-state index in [1.54, 1.807) is 6.07 Å². The number of hydrogen-bond donors (Lipinski definition) is 0. The van der Waals surface area contributed by atoms with E-state index in [1.165, 1.54) is 0 Å². The number of carbonyl (C=O) groups excluding carboxylic acids is 1. The van der Waals surface area contributed by atoms with Gasteiger partial charge in [-0.2, -0.15) is 0 Å². The lowest BCUT2D eigenvalue weighted by Crippen LogP contribution is -2.07. The molecule has 116 valence electrons. The number of halogens is 1. The molecule has 0 heterocycles. The summed E-state index contributed by atoms with van der Waals surface area (Å²) in [7, 11) is 0.0183. The fraction of sp³-hybridized carbons (Fsp3) is 0.278. The Hall–Kier alpha value is -1.37. The van der Waals surface area contributed by atoms with Gasteiger partial charge < -0.3 is 4.74 Å². The predicted molar refractivity (Wildman–Crippen MR) is 95.2 cm³/mol. The minimum atomic E-state index is 0.0183. The molecular weight excluding hydrogens is 315 g/mol. The van der Waals surface area contributed by atoms with Crippen molar-refractivity contribution >= 4 is 31.0 Å². The van der Waals surface area contributed by atoms with Crippen molar-refractivity contribution in [2.45, 2.75) is 20.8 Å². The smallest absolute Gasteiger partial charge is 0.185 e. The minimum Gasteiger partial charge on any atom is -0.493 e. The van der Waals surface area contributed by atoms with Gasteiger partial charge in [0.1, 0.15) is 5.75 Å². The van der Waals surface area contributed by atoms with Crippen molar-refractivity contribution in [3.05, 3.63) is 58.6 Å². The van der Waals surface area contributed by atoms with E-state index >= 15 is 0 Å². The Morgan fingerprint density at radius 3 is 2.59 bits per heavy atom. The number of rotatable bonds is 6. The highest BCUT2D eigenvalue weighted by Crippen LogP contribution is 2.27. The standard InChI is InChI=1S/C18H20ClO2P/c1-12(2)11-21-14-8-9-17(16(19)10-14)22-18(20)15-7-5-4-6-13(15)3/h4-10,12,22H,11H2,1-3H3. The van der Waals surface area contributed by atoms with Gasteiger partial charge in [0, 0.05) is 5.56 Å². The van der Waals surface area contributed by atoms with Gasteiger partial charge in [-0.25, -0.2) is 0 Å². The normalized spacial score (nSPS) is 11.3. The topological polar surface area (TPSA) is 26.3 Å². The highest BCUT2D eigenvalue weighted by atomic mass is 35.5. The van der Waals surface area contributed by atoms with Crippen LogP contribution in [0.4, 0.5) is 0 Å². The lowest BCUT2D eigenvalue weighted by Gasteiger charge is -2.11. The number of carbonyl (C=O) groups is 1. The van der Waals surface area contributed by atoms with Crippen LogP contribution in [0.1, 0.15) is 29.8 Å². The van der Waals surface area contributed by atoms with Gasteiger partial charge in [0.05, 0.1) is 11.6 Å². The van der Waals surface area contributed by atoms with Crippen LogP contribution >= 0.6 is 20.2 Å². The Morgan fingerprint density at radius 2 is 1.95 bits per heavy atom. The van der Waals surface area contributed by atoms with E-state index in [0.717, 1.165) is 22.2 Å². The summed E-state index contributed by atoms with van der Waals surface area (Å²) in [5.74, 6) is 1.21. The molecule has 0 saturated carbocycles. The van der Waals surface area contributed by atoms with Crippen LogP contribution in [0.5, 0.6) is 5.75 Å². The second-order valence-electron chi connectivity index (χ2n) is 5.62. The molecule has 2 aromatic carbocycles. The maximum absolute atomic E-state index is 12.4. The van der Waals surface area contributed by atoms with Crippen molar-refractivity contribution in [1.29, 1.82) is 0 Å². The van der Waals surface area contributed by atoms with E-state index in [1.807, 2.05) is 43.3 Å². The summed E-state index contributed by atoms with van der Waals surface area (Å²) >= 11 is 6.29. The fourth-order valence-electron chi connectivity index (χ4n) is 1.97. The Balaban J connectivity index is 2.10. The van der Waals surface area contributed by atoms with Gasteiger partial charge in [0.25, 0.3) is 0 Å². The van der Waals surface area contributed by atoms with Crippen molar-refractivity contribution in [2.24, 2.45) is 5.92 Å². The van der Waals surface area contributed by atoms with Crippen molar-refractivity contribution in [3.8, 4) is 5.75 Å². The van der Waals surface area contributed by atoms with E-state index in [4.69, 9.17) is 16.3 Å². The molecule has 2 nitrogen and oxygen atoms in total. The molecule has 0 aromatic heterocycles. The number of ether oxygens (including phenoxy) is 1. The molecule has 22 heavy (non-hydrogen) atoms. The molecule has 1 atom stereocenters. The maximum atomic E-state index is 12.4. The summed E-state index contributed by atoms with van der Waals surface area (Å²) in [6.45, 7) is 6.79. The van der Waals surface area contributed by atoms with Gasteiger partial charge in [-0.15, -0.1) is 0 Å². The minimum absolute atomic E-state index is 0.0183. The van der Waals surface area contributed by atoms with Crippen LogP contribution in [0.25, 0.3) is 0 Å². The molecule has 0 saturated heterocycles. The molecule has 4 heteroatoms. The zero-order valence-electron chi connectivity index (χ0n) is 13.0. The van der Waals surface area contributed by atoms with Crippen molar-refractivity contribution in [3.63, 3.8) is 0 Å². The zero-order chi connectivity index (χ0) is 16.1. The summed E-state index contributed by atoms with van der Waals surface area (Å²) in [6.07, 6.45) is 0. The van der Waals surface area contributed by atoms with E-state index in [-0.39, 0.29) is 14.1 Å². The predicted octanol–water partition coefficient (Wildman–Crippen LogP) is 4.83. The van der Waals surface area contributed by atoms with Crippen molar-refractivity contribution in [1.82, 2.24) is 0 Å². The van der Waals surface area contributed by atoms with Crippen LogP contribution in [0, 0.1) is 12.8 Å².